The van der Waals surface area contributed by atoms with E-state index >= 15 is 0 Å². The van der Waals surface area contributed by atoms with Crippen LogP contribution >= 0.6 is 0 Å². The van der Waals surface area contributed by atoms with Gasteiger partial charge >= 0.3 is 5.97 Å². The maximum absolute atomic E-state index is 12.1. The molecule has 0 radical (unpaired) electrons. The van der Waals surface area contributed by atoms with E-state index in [-0.39, 0.29) is 11.4 Å². The number of anilines is 1. The highest BCUT2D eigenvalue weighted by Gasteiger charge is 2.20. The van der Waals surface area contributed by atoms with Crippen molar-refractivity contribution in [2.45, 2.75) is 13.8 Å². The number of aromatic nitrogens is 2. The van der Waals surface area contributed by atoms with Crippen LogP contribution in [0.1, 0.15) is 32.3 Å². The predicted octanol–water partition coefficient (Wildman–Crippen LogP) is 1.64. The molecule has 0 unspecified atom stereocenters. The minimum absolute atomic E-state index is 0.125. The van der Waals surface area contributed by atoms with Crippen LogP contribution in [-0.4, -0.2) is 27.1 Å². The van der Waals surface area contributed by atoms with Gasteiger partial charge in [-0.3, -0.25) is 4.79 Å². The third-order valence-electron chi connectivity index (χ3n) is 2.52. The van der Waals surface area contributed by atoms with Gasteiger partial charge in [-0.25, -0.2) is 9.78 Å². The normalized spacial score (nSPS) is 10.2. The Labute approximate surface area is 108 Å². The molecule has 0 fully saturated rings. The van der Waals surface area contributed by atoms with Gasteiger partial charge in [0.1, 0.15) is 11.3 Å². The largest absolute Gasteiger partial charge is 0.476 e. The number of pyridine rings is 1. The van der Waals surface area contributed by atoms with Crippen molar-refractivity contribution in [2.75, 3.05) is 5.32 Å². The highest BCUT2D eigenvalue weighted by molar-refractivity contribution is 6.08. The second-order valence-corrected chi connectivity index (χ2v) is 3.86. The maximum atomic E-state index is 12.1. The van der Waals surface area contributed by atoms with E-state index in [0.717, 1.165) is 0 Å². The Morgan fingerprint density at radius 1 is 1.37 bits per heavy atom. The van der Waals surface area contributed by atoms with Crippen LogP contribution in [0.4, 0.5) is 5.69 Å². The Kier molecular flexibility index (Phi) is 3.28. The Hall–Kier alpha value is -2.70. The number of nitrogens with one attached hydrogen (secondary N) is 1. The molecular weight excluding hydrogens is 250 g/mol. The van der Waals surface area contributed by atoms with E-state index in [9.17, 15) is 9.59 Å². The summed E-state index contributed by atoms with van der Waals surface area (Å²) in [6, 6.07) is 3.00. The molecule has 0 spiro atoms. The van der Waals surface area contributed by atoms with E-state index in [2.05, 4.69) is 15.5 Å². The third kappa shape index (κ3) is 2.44. The van der Waals surface area contributed by atoms with Gasteiger partial charge in [-0.1, -0.05) is 5.16 Å². The molecule has 0 saturated carbocycles. The average molecular weight is 261 g/mol. The van der Waals surface area contributed by atoms with Gasteiger partial charge in [-0.15, -0.1) is 0 Å². The first kappa shape index (κ1) is 12.7. The number of aryl methyl sites for hydroxylation is 2. The SMILES string of the molecule is Cc1noc(C)c1C(=O)Nc1cccnc1C(=O)O. The lowest BCUT2D eigenvalue weighted by atomic mass is 10.2. The van der Waals surface area contributed by atoms with E-state index in [1.165, 1.54) is 18.3 Å². The van der Waals surface area contributed by atoms with Crippen LogP contribution in [-0.2, 0) is 0 Å². The molecule has 7 nitrogen and oxygen atoms in total. The fraction of sp³-hybridized carbons (Fsp3) is 0.167. The van der Waals surface area contributed by atoms with Crippen LogP contribution in [0, 0.1) is 13.8 Å². The first-order chi connectivity index (χ1) is 9.00. The Morgan fingerprint density at radius 3 is 2.68 bits per heavy atom. The first-order valence-corrected chi connectivity index (χ1v) is 5.43. The summed E-state index contributed by atoms with van der Waals surface area (Å²) in [5, 5.41) is 15.1. The van der Waals surface area contributed by atoms with E-state index < -0.39 is 11.9 Å². The Morgan fingerprint density at radius 2 is 2.11 bits per heavy atom. The zero-order valence-electron chi connectivity index (χ0n) is 10.3. The van der Waals surface area contributed by atoms with Crippen LogP contribution in [0.2, 0.25) is 0 Å². The van der Waals surface area contributed by atoms with Gasteiger partial charge in [0.15, 0.2) is 5.69 Å². The van der Waals surface area contributed by atoms with Crippen LogP contribution in [0.25, 0.3) is 0 Å². The molecule has 0 bridgehead atoms. The number of carbonyl (C=O) groups is 2. The van der Waals surface area contributed by atoms with E-state index in [1.807, 2.05) is 0 Å². The summed E-state index contributed by atoms with van der Waals surface area (Å²) in [5.41, 5.74) is 0.638. The van der Waals surface area contributed by atoms with Crippen LogP contribution in [0.3, 0.4) is 0 Å². The highest BCUT2D eigenvalue weighted by atomic mass is 16.5. The monoisotopic (exact) mass is 261 g/mol. The standard InChI is InChI=1S/C12H11N3O4/c1-6-9(7(2)19-15-6)11(16)14-8-4-3-5-13-10(8)12(17)18/h3-5H,1-2H3,(H,14,16)(H,17,18). The first-order valence-electron chi connectivity index (χ1n) is 5.43. The summed E-state index contributed by atoms with van der Waals surface area (Å²) in [5.74, 6) is -1.32. The summed E-state index contributed by atoms with van der Waals surface area (Å²) in [6.07, 6.45) is 1.34. The van der Waals surface area contributed by atoms with Crippen LogP contribution < -0.4 is 5.32 Å². The second-order valence-electron chi connectivity index (χ2n) is 3.86. The van der Waals surface area contributed by atoms with Crippen LogP contribution in [0.5, 0.6) is 0 Å². The van der Waals surface area contributed by atoms with E-state index in [0.29, 0.717) is 17.0 Å². The molecule has 1 amide bonds. The van der Waals surface area contributed by atoms with Gasteiger partial charge < -0.3 is 14.9 Å². The number of carbonyl (C=O) groups excluding carboxylic acids is 1. The van der Waals surface area contributed by atoms with Crippen molar-refractivity contribution in [3.05, 3.63) is 41.0 Å². The minimum atomic E-state index is -1.21. The number of hydrogen-bond donors (Lipinski definition) is 2. The molecule has 2 heterocycles. The second kappa shape index (κ2) is 4.89. The van der Waals surface area contributed by atoms with Crippen LogP contribution in [0.15, 0.2) is 22.9 Å². The lowest BCUT2D eigenvalue weighted by molar-refractivity contribution is 0.0692. The molecule has 2 rings (SSSR count). The van der Waals surface area contributed by atoms with Crippen molar-refractivity contribution >= 4 is 17.6 Å². The van der Waals surface area contributed by atoms with Gasteiger partial charge in [0.05, 0.1) is 11.4 Å². The molecule has 2 aromatic rings. The molecule has 2 N–H and O–H groups in total. The quantitative estimate of drug-likeness (QED) is 0.870. The maximum Gasteiger partial charge on any atom is 0.356 e. The topological polar surface area (TPSA) is 105 Å². The molecule has 7 heteroatoms. The fourth-order valence-electron chi connectivity index (χ4n) is 1.67. The lowest BCUT2D eigenvalue weighted by Gasteiger charge is -2.06. The van der Waals surface area contributed by atoms with Crippen molar-refractivity contribution < 1.29 is 19.2 Å². The summed E-state index contributed by atoms with van der Waals surface area (Å²) in [7, 11) is 0. The number of rotatable bonds is 3. The van der Waals surface area contributed by atoms with Crippen molar-refractivity contribution in [1.29, 1.82) is 0 Å². The van der Waals surface area contributed by atoms with Gasteiger partial charge in [0, 0.05) is 6.20 Å². The molecule has 0 aromatic carbocycles. The molecule has 0 aliphatic heterocycles. The van der Waals surface area contributed by atoms with Gasteiger partial charge in [0.2, 0.25) is 0 Å². The highest BCUT2D eigenvalue weighted by Crippen LogP contribution is 2.17. The summed E-state index contributed by atoms with van der Waals surface area (Å²) < 4.78 is 4.89. The molecule has 0 saturated heterocycles. The molecular formula is C12H11N3O4. The molecule has 0 aliphatic rings. The van der Waals surface area contributed by atoms with E-state index in [4.69, 9.17) is 9.63 Å². The van der Waals surface area contributed by atoms with Crippen molar-refractivity contribution in [3.8, 4) is 0 Å². The van der Waals surface area contributed by atoms with Crippen molar-refractivity contribution in [2.24, 2.45) is 0 Å². The predicted molar refractivity (Wildman–Crippen MR) is 65.1 cm³/mol. The van der Waals surface area contributed by atoms with Gasteiger partial charge in [0.25, 0.3) is 5.91 Å². The third-order valence-corrected chi connectivity index (χ3v) is 2.52. The van der Waals surface area contributed by atoms with Gasteiger partial charge in [-0.05, 0) is 26.0 Å². The number of amides is 1. The zero-order chi connectivity index (χ0) is 14.0. The molecule has 0 aliphatic carbocycles. The molecule has 0 atom stereocenters. The molecule has 19 heavy (non-hydrogen) atoms. The molecule has 2 aromatic heterocycles. The van der Waals surface area contributed by atoms with Crippen molar-refractivity contribution in [3.63, 3.8) is 0 Å². The Bertz CT molecular complexity index is 629. The number of carboxylic acids is 1. The number of carboxylic acid groups (broad SMARTS) is 1. The fourth-order valence-corrected chi connectivity index (χ4v) is 1.67. The summed E-state index contributed by atoms with van der Waals surface area (Å²) in [6.45, 7) is 3.24. The number of nitrogens with zero attached hydrogens (tertiary/aromatic N) is 2. The molecule has 98 valence electrons. The average Bonchev–Trinajstić information content (AvgIpc) is 2.69. The van der Waals surface area contributed by atoms with E-state index in [1.54, 1.807) is 13.8 Å². The summed E-state index contributed by atoms with van der Waals surface area (Å²) in [4.78, 5) is 26.7. The zero-order valence-corrected chi connectivity index (χ0v) is 10.3. The summed E-state index contributed by atoms with van der Waals surface area (Å²) >= 11 is 0. The van der Waals surface area contributed by atoms with Gasteiger partial charge in [-0.2, -0.15) is 0 Å². The minimum Gasteiger partial charge on any atom is -0.476 e. The lowest BCUT2D eigenvalue weighted by Crippen LogP contribution is -2.16. The van der Waals surface area contributed by atoms with Crippen molar-refractivity contribution in [1.82, 2.24) is 10.1 Å². The Balaban J connectivity index is 2.32. The smallest absolute Gasteiger partial charge is 0.356 e. The number of aromatic carboxylic acids is 1. The number of hydrogen-bond acceptors (Lipinski definition) is 5.